The number of aromatic nitrogens is 2. The molecule has 0 aliphatic rings. The Morgan fingerprint density at radius 1 is 1.38 bits per heavy atom. The van der Waals surface area contributed by atoms with Gasteiger partial charge in [0.15, 0.2) is 0 Å². The molecule has 0 saturated carbocycles. The maximum Gasteiger partial charge on any atom is 0.258 e. The highest BCUT2D eigenvalue weighted by Gasteiger charge is 2.10. The molecule has 6 heteroatoms. The van der Waals surface area contributed by atoms with Gasteiger partial charge in [-0.1, -0.05) is 29.3 Å². The monoisotopic (exact) mass is 255 g/mol. The van der Waals surface area contributed by atoms with Crippen molar-refractivity contribution in [3.8, 4) is 0 Å². The zero-order valence-electron chi connectivity index (χ0n) is 8.00. The minimum Gasteiger partial charge on any atom is -0.320 e. The molecule has 0 saturated heterocycles. The lowest BCUT2D eigenvalue weighted by molar-refractivity contribution is 0.102. The third kappa shape index (κ3) is 2.18. The molecule has 2 aromatic rings. The van der Waals surface area contributed by atoms with Crippen molar-refractivity contribution < 1.29 is 4.79 Å². The second-order valence-corrected chi connectivity index (χ2v) is 3.83. The van der Waals surface area contributed by atoms with Gasteiger partial charge in [-0.15, -0.1) is 0 Å². The number of carbonyl (C=O) groups is 1. The predicted molar refractivity (Wildman–Crippen MR) is 63.0 cm³/mol. The van der Waals surface area contributed by atoms with Gasteiger partial charge in [0, 0.05) is 6.20 Å². The van der Waals surface area contributed by atoms with Gasteiger partial charge in [0.05, 0.1) is 27.5 Å². The minimum atomic E-state index is -0.294. The Labute approximate surface area is 102 Å². The van der Waals surface area contributed by atoms with Crippen molar-refractivity contribution in [2.75, 3.05) is 5.32 Å². The number of amides is 1. The molecule has 1 heterocycles. The summed E-state index contributed by atoms with van der Waals surface area (Å²) in [5.41, 5.74) is 0.899. The van der Waals surface area contributed by atoms with Crippen molar-refractivity contribution >= 4 is 34.8 Å². The fourth-order valence-corrected chi connectivity index (χ4v) is 1.52. The molecule has 0 radical (unpaired) electrons. The number of benzene rings is 1. The van der Waals surface area contributed by atoms with Crippen LogP contribution in [0, 0.1) is 0 Å². The number of nitrogens with one attached hydrogen (secondary N) is 2. The third-order valence-corrected chi connectivity index (χ3v) is 2.78. The lowest BCUT2D eigenvalue weighted by Crippen LogP contribution is -2.11. The number of rotatable bonds is 2. The topological polar surface area (TPSA) is 57.8 Å². The van der Waals surface area contributed by atoms with Gasteiger partial charge in [-0.25, -0.2) is 0 Å². The van der Waals surface area contributed by atoms with Gasteiger partial charge in [0.1, 0.15) is 0 Å². The first-order valence-electron chi connectivity index (χ1n) is 4.42. The van der Waals surface area contributed by atoms with Crippen LogP contribution in [0.15, 0.2) is 30.6 Å². The number of hydrogen-bond acceptors (Lipinski definition) is 2. The lowest BCUT2D eigenvalue weighted by atomic mass is 10.3. The first-order chi connectivity index (χ1) is 7.68. The summed E-state index contributed by atoms with van der Waals surface area (Å²) in [6.45, 7) is 0. The van der Waals surface area contributed by atoms with E-state index in [4.69, 9.17) is 23.2 Å². The summed E-state index contributed by atoms with van der Waals surface area (Å²) in [4.78, 5) is 11.7. The van der Waals surface area contributed by atoms with Crippen molar-refractivity contribution in [1.82, 2.24) is 10.2 Å². The van der Waals surface area contributed by atoms with E-state index in [1.165, 1.54) is 12.4 Å². The average molecular weight is 256 g/mol. The number of halogens is 2. The molecule has 2 N–H and O–H groups in total. The zero-order chi connectivity index (χ0) is 11.5. The maximum atomic E-state index is 11.7. The van der Waals surface area contributed by atoms with Crippen molar-refractivity contribution in [3.05, 3.63) is 46.2 Å². The lowest BCUT2D eigenvalue weighted by Gasteiger charge is -2.06. The smallest absolute Gasteiger partial charge is 0.258 e. The van der Waals surface area contributed by atoms with Crippen LogP contribution in [-0.2, 0) is 0 Å². The highest BCUT2D eigenvalue weighted by atomic mass is 35.5. The molecule has 0 spiro atoms. The van der Waals surface area contributed by atoms with Gasteiger partial charge in [-0.3, -0.25) is 9.89 Å². The second-order valence-electron chi connectivity index (χ2n) is 3.04. The van der Waals surface area contributed by atoms with Crippen molar-refractivity contribution in [3.63, 3.8) is 0 Å². The first-order valence-corrected chi connectivity index (χ1v) is 5.18. The number of aromatic amines is 1. The van der Waals surface area contributed by atoms with Crippen LogP contribution in [-0.4, -0.2) is 16.1 Å². The summed E-state index contributed by atoms with van der Waals surface area (Å²) in [6.07, 6.45) is 2.92. The van der Waals surface area contributed by atoms with Gasteiger partial charge >= 0.3 is 0 Å². The number of anilines is 1. The summed E-state index contributed by atoms with van der Waals surface area (Å²) < 4.78 is 0. The largest absolute Gasteiger partial charge is 0.320 e. The zero-order valence-corrected chi connectivity index (χ0v) is 9.51. The van der Waals surface area contributed by atoms with Gasteiger partial charge in [0.25, 0.3) is 5.91 Å². The number of nitrogens with zero attached hydrogens (tertiary/aromatic N) is 1. The number of hydrogen-bond donors (Lipinski definition) is 2. The molecule has 1 amide bonds. The minimum absolute atomic E-state index is 0.294. The van der Waals surface area contributed by atoms with E-state index < -0.39 is 0 Å². The summed E-state index contributed by atoms with van der Waals surface area (Å²) in [5.74, 6) is -0.294. The van der Waals surface area contributed by atoms with E-state index in [0.29, 0.717) is 21.3 Å². The van der Waals surface area contributed by atoms with Crippen LogP contribution in [0.5, 0.6) is 0 Å². The average Bonchev–Trinajstić information content (AvgIpc) is 2.78. The summed E-state index contributed by atoms with van der Waals surface area (Å²) in [7, 11) is 0. The normalized spacial score (nSPS) is 10.1. The van der Waals surface area contributed by atoms with E-state index in [1.807, 2.05) is 0 Å². The molecule has 82 valence electrons. The molecule has 16 heavy (non-hydrogen) atoms. The van der Waals surface area contributed by atoms with Crippen LogP contribution >= 0.6 is 23.2 Å². The Bertz CT molecular complexity index is 511. The van der Waals surface area contributed by atoms with Crippen LogP contribution in [0.25, 0.3) is 0 Å². The van der Waals surface area contributed by atoms with Crippen molar-refractivity contribution in [2.45, 2.75) is 0 Å². The molecule has 1 aromatic carbocycles. The van der Waals surface area contributed by atoms with E-state index >= 15 is 0 Å². The summed E-state index contributed by atoms with van der Waals surface area (Å²) in [5, 5.41) is 9.59. The molecule has 0 fully saturated rings. The van der Waals surface area contributed by atoms with Crippen LogP contribution in [0.2, 0.25) is 10.0 Å². The van der Waals surface area contributed by atoms with Crippen LogP contribution in [0.1, 0.15) is 10.4 Å². The number of carbonyl (C=O) groups excluding carboxylic acids is 1. The highest BCUT2D eigenvalue weighted by molar-refractivity contribution is 6.44. The Morgan fingerprint density at radius 3 is 2.88 bits per heavy atom. The standard InChI is InChI=1S/C10H7Cl2N3O/c11-7-2-1-3-8(9(7)12)15-10(16)6-4-13-14-5-6/h1-5H,(H,13,14)(H,15,16). The van der Waals surface area contributed by atoms with Crippen molar-refractivity contribution in [1.29, 1.82) is 0 Å². The Hall–Kier alpha value is -1.52. The van der Waals surface area contributed by atoms with Crippen LogP contribution in [0.3, 0.4) is 0 Å². The maximum absolute atomic E-state index is 11.7. The van der Waals surface area contributed by atoms with Gasteiger partial charge in [-0.2, -0.15) is 5.10 Å². The molecule has 1 aromatic heterocycles. The van der Waals surface area contributed by atoms with Gasteiger partial charge in [0.2, 0.25) is 0 Å². The molecule has 0 atom stereocenters. The molecular weight excluding hydrogens is 249 g/mol. The van der Waals surface area contributed by atoms with Gasteiger partial charge < -0.3 is 5.32 Å². The predicted octanol–water partition coefficient (Wildman–Crippen LogP) is 2.97. The van der Waals surface area contributed by atoms with Crippen molar-refractivity contribution in [2.24, 2.45) is 0 Å². The van der Waals surface area contributed by atoms with E-state index in [1.54, 1.807) is 18.2 Å². The SMILES string of the molecule is O=C(Nc1cccc(Cl)c1Cl)c1cn[nH]c1. The highest BCUT2D eigenvalue weighted by Crippen LogP contribution is 2.29. The molecule has 0 bridgehead atoms. The molecular formula is C10H7Cl2N3O. The van der Waals surface area contributed by atoms with E-state index in [0.717, 1.165) is 0 Å². The Balaban J connectivity index is 2.22. The van der Waals surface area contributed by atoms with E-state index in [2.05, 4.69) is 15.5 Å². The molecule has 2 rings (SSSR count). The van der Waals surface area contributed by atoms with Crippen LogP contribution < -0.4 is 5.32 Å². The first kappa shape index (κ1) is 11.0. The second kappa shape index (κ2) is 4.55. The Morgan fingerprint density at radius 2 is 2.19 bits per heavy atom. The molecule has 4 nitrogen and oxygen atoms in total. The summed E-state index contributed by atoms with van der Waals surface area (Å²) >= 11 is 11.7. The molecule has 0 aliphatic heterocycles. The fourth-order valence-electron chi connectivity index (χ4n) is 1.17. The fraction of sp³-hybridized carbons (Fsp3) is 0. The van der Waals surface area contributed by atoms with E-state index in [9.17, 15) is 4.79 Å². The Kier molecular flexibility index (Phi) is 3.12. The quantitative estimate of drug-likeness (QED) is 0.867. The summed E-state index contributed by atoms with van der Waals surface area (Å²) in [6, 6.07) is 5.03. The third-order valence-electron chi connectivity index (χ3n) is 1.96. The molecule has 0 aliphatic carbocycles. The van der Waals surface area contributed by atoms with Gasteiger partial charge in [-0.05, 0) is 12.1 Å². The van der Waals surface area contributed by atoms with E-state index in [-0.39, 0.29) is 5.91 Å². The van der Waals surface area contributed by atoms with Crippen LogP contribution in [0.4, 0.5) is 5.69 Å². The number of H-pyrrole nitrogens is 1. The molecule has 0 unspecified atom stereocenters.